The number of aromatic nitrogens is 2. The van der Waals surface area contributed by atoms with Crippen LogP contribution in [0.5, 0.6) is 0 Å². The highest BCUT2D eigenvalue weighted by Gasteiger charge is 2.19. The largest absolute Gasteiger partial charge is 0.322 e. The summed E-state index contributed by atoms with van der Waals surface area (Å²) < 4.78 is 27.7. The highest BCUT2D eigenvalue weighted by atomic mass is 19.1. The summed E-state index contributed by atoms with van der Waals surface area (Å²) in [5.41, 5.74) is 0.679. The van der Waals surface area contributed by atoms with Crippen LogP contribution in [-0.2, 0) is 4.79 Å². The second-order valence-electron chi connectivity index (χ2n) is 5.66. The third-order valence-electron chi connectivity index (χ3n) is 3.83. The Morgan fingerprint density at radius 3 is 2.50 bits per heavy atom. The van der Waals surface area contributed by atoms with Gasteiger partial charge in [0.2, 0.25) is 5.91 Å². The third-order valence-corrected chi connectivity index (χ3v) is 3.83. The summed E-state index contributed by atoms with van der Waals surface area (Å²) in [7, 11) is 0. The second kappa shape index (κ2) is 7.26. The molecule has 0 fully saturated rings. The molecule has 0 aliphatic carbocycles. The number of nitrogens with one attached hydrogen (secondary N) is 1. The van der Waals surface area contributed by atoms with E-state index in [4.69, 9.17) is 0 Å². The summed E-state index contributed by atoms with van der Waals surface area (Å²) in [6.07, 6.45) is 0. The SMILES string of the molecule is CC(C(=O)Nc1ccc(F)cc1F)n1nc(-c2ccccc2)ccc1=O. The van der Waals surface area contributed by atoms with Crippen molar-refractivity contribution in [2.45, 2.75) is 13.0 Å². The minimum Gasteiger partial charge on any atom is -0.322 e. The molecule has 0 radical (unpaired) electrons. The van der Waals surface area contributed by atoms with E-state index in [0.29, 0.717) is 11.8 Å². The molecule has 1 atom stereocenters. The molecule has 0 bridgehead atoms. The molecule has 1 amide bonds. The highest BCUT2D eigenvalue weighted by Crippen LogP contribution is 2.18. The van der Waals surface area contributed by atoms with Crippen LogP contribution in [0.25, 0.3) is 11.3 Å². The van der Waals surface area contributed by atoms with Crippen molar-refractivity contribution in [3.05, 3.63) is 82.7 Å². The number of carbonyl (C=O) groups is 1. The van der Waals surface area contributed by atoms with Gasteiger partial charge in [0.15, 0.2) is 0 Å². The fourth-order valence-electron chi connectivity index (χ4n) is 2.40. The van der Waals surface area contributed by atoms with Crippen molar-refractivity contribution in [2.24, 2.45) is 0 Å². The Bertz CT molecular complexity index is 1000. The summed E-state index contributed by atoms with van der Waals surface area (Å²) in [6, 6.07) is 13.9. The molecule has 7 heteroatoms. The van der Waals surface area contributed by atoms with Gasteiger partial charge in [-0.15, -0.1) is 0 Å². The monoisotopic (exact) mass is 355 g/mol. The number of anilines is 1. The number of hydrogen-bond donors (Lipinski definition) is 1. The van der Waals surface area contributed by atoms with Crippen LogP contribution in [0, 0.1) is 11.6 Å². The van der Waals surface area contributed by atoms with Crippen LogP contribution in [0.15, 0.2) is 65.5 Å². The van der Waals surface area contributed by atoms with Crippen molar-refractivity contribution < 1.29 is 13.6 Å². The van der Waals surface area contributed by atoms with Gasteiger partial charge in [-0.25, -0.2) is 13.5 Å². The first-order chi connectivity index (χ1) is 12.5. The second-order valence-corrected chi connectivity index (χ2v) is 5.66. The van der Waals surface area contributed by atoms with E-state index in [1.807, 2.05) is 30.3 Å². The first-order valence-electron chi connectivity index (χ1n) is 7.87. The maximum absolute atomic E-state index is 13.7. The zero-order valence-corrected chi connectivity index (χ0v) is 13.8. The molecule has 0 aliphatic rings. The van der Waals surface area contributed by atoms with Crippen molar-refractivity contribution in [1.29, 1.82) is 0 Å². The fraction of sp³-hybridized carbons (Fsp3) is 0.105. The predicted octanol–water partition coefficient (Wildman–Crippen LogP) is 3.39. The molecule has 1 N–H and O–H groups in total. The van der Waals surface area contributed by atoms with Crippen LogP contribution in [0.1, 0.15) is 13.0 Å². The Morgan fingerprint density at radius 1 is 1.08 bits per heavy atom. The minimum atomic E-state index is -0.990. The zero-order valence-electron chi connectivity index (χ0n) is 13.8. The third kappa shape index (κ3) is 3.66. The van der Waals surface area contributed by atoms with Crippen LogP contribution in [0.2, 0.25) is 0 Å². The Labute approximate surface area is 147 Å². The topological polar surface area (TPSA) is 64.0 Å². The molecule has 3 aromatic rings. The molecular formula is C19H15F2N3O2. The van der Waals surface area contributed by atoms with E-state index in [2.05, 4.69) is 10.4 Å². The molecule has 0 saturated heterocycles. The fourth-order valence-corrected chi connectivity index (χ4v) is 2.40. The normalized spacial score (nSPS) is 11.8. The van der Waals surface area contributed by atoms with Crippen molar-refractivity contribution >= 4 is 11.6 Å². The molecule has 1 unspecified atom stereocenters. The average molecular weight is 355 g/mol. The summed E-state index contributed by atoms with van der Waals surface area (Å²) in [5, 5.41) is 6.57. The van der Waals surface area contributed by atoms with Gasteiger partial charge in [0.1, 0.15) is 17.7 Å². The highest BCUT2D eigenvalue weighted by molar-refractivity contribution is 5.93. The van der Waals surface area contributed by atoms with Crippen molar-refractivity contribution in [3.8, 4) is 11.3 Å². The van der Waals surface area contributed by atoms with E-state index in [0.717, 1.165) is 22.4 Å². The molecule has 26 heavy (non-hydrogen) atoms. The van der Waals surface area contributed by atoms with Crippen LogP contribution < -0.4 is 10.9 Å². The lowest BCUT2D eigenvalue weighted by Gasteiger charge is -2.15. The van der Waals surface area contributed by atoms with Gasteiger partial charge in [0.05, 0.1) is 11.4 Å². The molecular weight excluding hydrogens is 340 g/mol. The molecule has 3 rings (SSSR count). The number of nitrogens with zero attached hydrogens (tertiary/aromatic N) is 2. The number of rotatable bonds is 4. The number of carbonyl (C=O) groups excluding carboxylic acids is 1. The van der Waals surface area contributed by atoms with Crippen LogP contribution in [0.3, 0.4) is 0 Å². The quantitative estimate of drug-likeness (QED) is 0.780. The smallest absolute Gasteiger partial charge is 0.267 e. The van der Waals surface area contributed by atoms with E-state index in [1.54, 1.807) is 6.07 Å². The summed E-state index contributed by atoms with van der Waals surface area (Å²) in [5.74, 6) is -2.29. The number of benzene rings is 2. The number of amides is 1. The van der Waals surface area contributed by atoms with Gasteiger partial charge in [0.25, 0.3) is 5.56 Å². The van der Waals surface area contributed by atoms with Crippen LogP contribution >= 0.6 is 0 Å². The van der Waals surface area contributed by atoms with Gasteiger partial charge in [-0.3, -0.25) is 9.59 Å². The van der Waals surface area contributed by atoms with Crippen molar-refractivity contribution in [1.82, 2.24) is 9.78 Å². The van der Waals surface area contributed by atoms with Crippen molar-refractivity contribution in [3.63, 3.8) is 0 Å². The zero-order chi connectivity index (χ0) is 18.7. The first kappa shape index (κ1) is 17.5. The molecule has 1 heterocycles. The maximum atomic E-state index is 13.7. The molecule has 0 saturated carbocycles. The molecule has 132 valence electrons. The van der Waals surface area contributed by atoms with Crippen LogP contribution in [-0.4, -0.2) is 15.7 Å². The number of halogens is 2. The lowest BCUT2D eigenvalue weighted by molar-refractivity contribution is -0.119. The van der Waals surface area contributed by atoms with E-state index in [9.17, 15) is 18.4 Å². The van der Waals surface area contributed by atoms with Gasteiger partial charge in [-0.1, -0.05) is 30.3 Å². The van der Waals surface area contributed by atoms with E-state index in [-0.39, 0.29) is 5.69 Å². The van der Waals surface area contributed by atoms with Gasteiger partial charge in [-0.2, -0.15) is 5.10 Å². The molecule has 5 nitrogen and oxygen atoms in total. The summed E-state index contributed by atoms with van der Waals surface area (Å²) in [6.45, 7) is 1.47. The Morgan fingerprint density at radius 2 is 1.81 bits per heavy atom. The molecule has 0 aliphatic heterocycles. The molecule has 1 aromatic heterocycles. The van der Waals surface area contributed by atoms with E-state index >= 15 is 0 Å². The maximum Gasteiger partial charge on any atom is 0.267 e. The van der Waals surface area contributed by atoms with Gasteiger partial charge < -0.3 is 5.32 Å². The van der Waals surface area contributed by atoms with Gasteiger partial charge in [0, 0.05) is 17.7 Å². The van der Waals surface area contributed by atoms with Gasteiger partial charge in [-0.05, 0) is 25.1 Å². The molecule has 2 aromatic carbocycles. The predicted molar refractivity (Wildman–Crippen MR) is 93.6 cm³/mol. The minimum absolute atomic E-state index is 0.171. The standard InChI is InChI=1S/C19H15F2N3O2/c1-12(19(26)22-17-8-7-14(20)11-15(17)21)24-18(25)10-9-16(23-24)13-5-3-2-4-6-13/h2-12H,1H3,(H,22,26). The summed E-state index contributed by atoms with van der Waals surface area (Å²) >= 11 is 0. The Hall–Kier alpha value is -3.35. The van der Waals surface area contributed by atoms with E-state index < -0.39 is 29.1 Å². The lowest BCUT2D eigenvalue weighted by Crippen LogP contribution is -2.33. The van der Waals surface area contributed by atoms with E-state index in [1.165, 1.54) is 13.0 Å². The Kier molecular flexibility index (Phi) is 4.88. The summed E-state index contributed by atoms with van der Waals surface area (Å²) in [4.78, 5) is 24.5. The molecule has 0 spiro atoms. The first-order valence-corrected chi connectivity index (χ1v) is 7.87. The van der Waals surface area contributed by atoms with Crippen LogP contribution in [0.4, 0.5) is 14.5 Å². The lowest BCUT2D eigenvalue weighted by atomic mass is 10.1. The average Bonchev–Trinajstić information content (AvgIpc) is 2.64. The number of hydrogen-bond acceptors (Lipinski definition) is 3. The Balaban J connectivity index is 1.88. The van der Waals surface area contributed by atoms with Gasteiger partial charge >= 0.3 is 0 Å². The van der Waals surface area contributed by atoms with Crippen molar-refractivity contribution in [2.75, 3.05) is 5.32 Å².